The van der Waals surface area contributed by atoms with Gasteiger partial charge in [0.15, 0.2) is 0 Å². The molecule has 1 aromatic heterocycles. The van der Waals surface area contributed by atoms with Gasteiger partial charge in [-0.05, 0) is 46.5 Å². The van der Waals surface area contributed by atoms with Crippen LogP contribution in [-0.2, 0) is 0 Å². The molecule has 4 heteroatoms. The number of anilines is 2. The summed E-state index contributed by atoms with van der Waals surface area (Å²) in [7, 11) is 4.18. The van der Waals surface area contributed by atoms with Crippen LogP contribution in [-0.4, -0.2) is 43.1 Å². The topological polar surface area (TPSA) is 45.4 Å². The second kappa shape index (κ2) is 5.87. The fraction of sp³-hybridized carbons (Fsp3) is 0.615. The Hall–Kier alpha value is -1.29. The van der Waals surface area contributed by atoms with Gasteiger partial charge in [-0.2, -0.15) is 0 Å². The average Bonchev–Trinajstić information content (AvgIpc) is 2.23. The third-order valence-electron chi connectivity index (χ3n) is 2.93. The summed E-state index contributed by atoms with van der Waals surface area (Å²) in [5.41, 5.74) is 7.64. The molecule has 0 bridgehead atoms. The summed E-state index contributed by atoms with van der Waals surface area (Å²) in [6.07, 6.45) is 1.75. The molecule has 0 amide bonds. The minimum atomic E-state index is 0.436. The molecule has 0 aliphatic heterocycles. The first-order chi connectivity index (χ1) is 7.95. The lowest BCUT2D eigenvalue weighted by atomic mass is 10.2. The molecule has 0 radical (unpaired) electrons. The number of rotatable bonds is 5. The summed E-state index contributed by atoms with van der Waals surface area (Å²) in [4.78, 5) is 8.91. The third-order valence-corrected chi connectivity index (χ3v) is 2.93. The zero-order valence-electron chi connectivity index (χ0n) is 11.6. The third kappa shape index (κ3) is 3.60. The van der Waals surface area contributed by atoms with E-state index in [1.807, 2.05) is 6.92 Å². The molecule has 0 fully saturated rings. The van der Waals surface area contributed by atoms with E-state index in [1.54, 1.807) is 6.20 Å². The summed E-state index contributed by atoms with van der Waals surface area (Å²) >= 11 is 0. The van der Waals surface area contributed by atoms with Gasteiger partial charge >= 0.3 is 0 Å². The Morgan fingerprint density at radius 3 is 2.53 bits per heavy atom. The highest BCUT2D eigenvalue weighted by Gasteiger charge is 2.15. The molecule has 1 atom stereocenters. The number of aromatic nitrogens is 1. The van der Waals surface area contributed by atoms with Gasteiger partial charge in [0, 0.05) is 19.1 Å². The fourth-order valence-corrected chi connectivity index (χ4v) is 2.04. The van der Waals surface area contributed by atoms with E-state index in [2.05, 4.69) is 48.8 Å². The highest BCUT2D eigenvalue weighted by atomic mass is 15.2. The van der Waals surface area contributed by atoms with Crippen LogP contribution in [0.5, 0.6) is 0 Å². The van der Waals surface area contributed by atoms with Crippen molar-refractivity contribution in [3.05, 3.63) is 17.8 Å². The van der Waals surface area contributed by atoms with E-state index in [0.717, 1.165) is 30.2 Å². The Morgan fingerprint density at radius 1 is 1.41 bits per heavy atom. The van der Waals surface area contributed by atoms with Crippen LogP contribution >= 0.6 is 0 Å². The summed E-state index contributed by atoms with van der Waals surface area (Å²) in [6.45, 7) is 8.35. The molecule has 1 unspecified atom stereocenters. The molecule has 2 N–H and O–H groups in total. The fourth-order valence-electron chi connectivity index (χ4n) is 2.04. The molecule has 0 aromatic carbocycles. The van der Waals surface area contributed by atoms with E-state index in [1.165, 1.54) is 0 Å². The van der Waals surface area contributed by atoms with E-state index in [-0.39, 0.29) is 0 Å². The smallest absolute Gasteiger partial charge is 0.129 e. The van der Waals surface area contributed by atoms with E-state index < -0.39 is 0 Å². The van der Waals surface area contributed by atoms with Crippen molar-refractivity contribution in [2.75, 3.05) is 37.8 Å². The van der Waals surface area contributed by atoms with Gasteiger partial charge < -0.3 is 15.5 Å². The number of nitrogen functional groups attached to an aromatic ring is 1. The Labute approximate surface area is 104 Å². The summed E-state index contributed by atoms with van der Waals surface area (Å²) in [6, 6.07) is 2.50. The van der Waals surface area contributed by atoms with Gasteiger partial charge in [-0.15, -0.1) is 0 Å². The first kappa shape index (κ1) is 13.8. The quantitative estimate of drug-likeness (QED) is 0.846. The minimum absolute atomic E-state index is 0.436. The van der Waals surface area contributed by atoms with Crippen LogP contribution in [0.3, 0.4) is 0 Å². The largest absolute Gasteiger partial charge is 0.397 e. The lowest BCUT2D eigenvalue weighted by Crippen LogP contribution is -2.40. The van der Waals surface area contributed by atoms with Crippen molar-refractivity contribution in [2.24, 2.45) is 0 Å². The number of pyridine rings is 1. The Kier molecular flexibility index (Phi) is 4.75. The lowest BCUT2D eigenvalue weighted by molar-refractivity contribution is 0.372. The monoisotopic (exact) mass is 236 g/mol. The molecular weight excluding hydrogens is 212 g/mol. The molecule has 0 spiro atoms. The van der Waals surface area contributed by atoms with E-state index in [9.17, 15) is 0 Å². The summed E-state index contributed by atoms with van der Waals surface area (Å²) in [5, 5.41) is 0. The molecule has 17 heavy (non-hydrogen) atoms. The molecule has 1 rings (SSSR count). The molecule has 1 aromatic rings. The predicted molar refractivity (Wildman–Crippen MR) is 74.4 cm³/mol. The lowest BCUT2D eigenvalue weighted by Gasteiger charge is -2.31. The van der Waals surface area contributed by atoms with Gasteiger partial charge in [-0.3, -0.25) is 0 Å². The van der Waals surface area contributed by atoms with Gasteiger partial charge in [0.2, 0.25) is 0 Å². The van der Waals surface area contributed by atoms with Gasteiger partial charge in [0.05, 0.1) is 11.9 Å². The number of hydrogen-bond acceptors (Lipinski definition) is 4. The first-order valence-electron chi connectivity index (χ1n) is 6.09. The Balaban J connectivity index is 2.89. The SMILES string of the molecule is CCN(c1cc(C)c(N)cn1)C(C)CN(C)C. The molecule has 0 aliphatic rings. The van der Waals surface area contributed by atoms with Crippen molar-refractivity contribution < 1.29 is 0 Å². The molecule has 96 valence electrons. The zero-order valence-corrected chi connectivity index (χ0v) is 11.6. The molecule has 4 nitrogen and oxygen atoms in total. The molecule has 0 aliphatic carbocycles. The van der Waals surface area contributed by atoms with Crippen LogP contribution in [0.15, 0.2) is 12.3 Å². The van der Waals surface area contributed by atoms with Gasteiger partial charge in [0.1, 0.15) is 5.82 Å². The average molecular weight is 236 g/mol. The van der Waals surface area contributed by atoms with Crippen molar-refractivity contribution in [1.82, 2.24) is 9.88 Å². The Morgan fingerprint density at radius 2 is 2.06 bits per heavy atom. The number of hydrogen-bond donors (Lipinski definition) is 1. The van der Waals surface area contributed by atoms with Gasteiger partial charge in [-0.1, -0.05) is 0 Å². The molecule has 0 saturated carbocycles. The first-order valence-corrected chi connectivity index (χ1v) is 6.09. The Bertz CT molecular complexity index is 362. The normalized spacial score (nSPS) is 12.8. The summed E-state index contributed by atoms with van der Waals surface area (Å²) in [5.74, 6) is 1.01. The van der Waals surface area contributed by atoms with Crippen LogP contribution in [0, 0.1) is 6.92 Å². The maximum atomic E-state index is 5.80. The van der Waals surface area contributed by atoms with Crippen molar-refractivity contribution in [3.63, 3.8) is 0 Å². The number of nitrogens with zero attached hydrogens (tertiary/aromatic N) is 3. The van der Waals surface area contributed by atoms with Crippen LogP contribution in [0.2, 0.25) is 0 Å². The van der Waals surface area contributed by atoms with Crippen molar-refractivity contribution in [3.8, 4) is 0 Å². The molecule has 1 heterocycles. The number of nitrogens with two attached hydrogens (primary N) is 1. The van der Waals surface area contributed by atoms with Gasteiger partial charge in [-0.25, -0.2) is 4.98 Å². The minimum Gasteiger partial charge on any atom is -0.397 e. The number of likely N-dealkylation sites (N-methyl/N-ethyl adjacent to an activating group) is 2. The van der Waals surface area contributed by atoms with Crippen LogP contribution in [0.25, 0.3) is 0 Å². The second-order valence-electron chi connectivity index (χ2n) is 4.80. The number of aryl methyl sites for hydroxylation is 1. The van der Waals surface area contributed by atoms with Crippen LogP contribution in [0.1, 0.15) is 19.4 Å². The predicted octanol–water partition coefficient (Wildman–Crippen LogP) is 1.75. The van der Waals surface area contributed by atoms with Crippen LogP contribution in [0.4, 0.5) is 11.5 Å². The van der Waals surface area contributed by atoms with E-state index >= 15 is 0 Å². The maximum Gasteiger partial charge on any atom is 0.129 e. The zero-order chi connectivity index (χ0) is 13.0. The summed E-state index contributed by atoms with van der Waals surface area (Å²) < 4.78 is 0. The van der Waals surface area contributed by atoms with Crippen molar-refractivity contribution >= 4 is 11.5 Å². The second-order valence-corrected chi connectivity index (χ2v) is 4.80. The van der Waals surface area contributed by atoms with E-state index in [4.69, 9.17) is 5.73 Å². The highest BCUT2D eigenvalue weighted by Crippen LogP contribution is 2.19. The molecular formula is C13H24N4. The van der Waals surface area contributed by atoms with Crippen molar-refractivity contribution in [1.29, 1.82) is 0 Å². The standard InChI is InChI=1S/C13H24N4/c1-6-17(11(3)9-16(4)5)13-7-10(2)12(14)8-15-13/h7-8,11H,6,9,14H2,1-5H3. The highest BCUT2D eigenvalue weighted by molar-refractivity contribution is 5.52. The maximum absolute atomic E-state index is 5.80. The van der Waals surface area contributed by atoms with Crippen molar-refractivity contribution in [2.45, 2.75) is 26.8 Å². The van der Waals surface area contributed by atoms with Crippen LogP contribution < -0.4 is 10.6 Å². The van der Waals surface area contributed by atoms with E-state index in [0.29, 0.717) is 6.04 Å². The van der Waals surface area contributed by atoms with Gasteiger partial charge in [0.25, 0.3) is 0 Å². The molecule has 0 saturated heterocycles.